The fourth-order valence-electron chi connectivity index (χ4n) is 0.928. The van der Waals surface area contributed by atoms with Gasteiger partial charge in [0, 0.05) is 0 Å². The molecule has 1 rings (SSSR count). The van der Waals surface area contributed by atoms with Crippen LogP contribution in [0.2, 0.25) is 0 Å². The minimum atomic E-state index is -4.66. The molecule has 0 aliphatic heterocycles. The maximum atomic E-state index is 11.8. The predicted octanol–water partition coefficient (Wildman–Crippen LogP) is 3.19. The van der Waals surface area contributed by atoms with Crippen molar-refractivity contribution < 1.29 is 22.6 Å². The van der Waals surface area contributed by atoms with E-state index in [1.807, 2.05) is 0 Å². The Morgan fingerprint density at radius 3 is 2.07 bits per heavy atom. The van der Waals surface area contributed by atoms with E-state index in [-0.39, 0.29) is 5.75 Å². The van der Waals surface area contributed by atoms with Crippen LogP contribution in [0.4, 0.5) is 13.2 Å². The molecule has 0 unspecified atom stereocenters. The van der Waals surface area contributed by atoms with Crippen molar-refractivity contribution in [3.63, 3.8) is 0 Å². The summed E-state index contributed by atoms with van der Waals surface area (Å²) in [5.74, 6) is 0.234. The zero-order valence-corrected chi connectivity index (χ0v) is 7.88. The van der Waals surface area contributed by atoms with E-state index < -0.39 is 6.36 Å². The third-order valence-corrected chi connectivity index (χ3v) is 1.47. The number of alkyl halides is 3. The van der Waals surface area contributed by atoms with Crippen LogP contribution >= 0.6 is 0 Å². The number of halogens is 3. The lowest BCUT2D eigenvalue weighted by molar-refractivity contribution is -0.274. The second-order valence-electron chi connectivity index (χ2n) is 2.72. The van der Waals surface area contributed by atoms with Gasteiger partial charge in [0.15, 0.2) is 0 Å². The maximum Gasteiger partial charge on any atom is 0.573 e. The zero-order chi connectivity index (χ0) is 11.3. The highest BCUT2D eigenvalue weighted by Crippen LogP contribution is 2.24. The van der Waals surface area contributed by atoms with Crippen molar-refractivity contribution in [3.05, 3.63) is 31.2 Å². The number of hydrogen-bond donors (Lipinski definition) is 0. The molecule has 2 nitrogen and oxygen atoms in total. The van der Waals surface area contributed by atoms with E-state index in [2.05, 4.69) is 11.7 Å². The first kappa shape index (κ1) is 11.7. The Balaban J connectivity index is 2.56. The van der Waals surface area contributed by atoms with E-state index in [1.54, 1.807) is 0 Å². The van der Waals surface area contributed by atoms with E-state index in [9.17, 15) is 13.2 Å². The average molecular weight is 219 g/mol. The third-order valence-electron chi connectivity index (χ3n) is 1.47. The molecule has 0 N–H and O–H groups in total. The Morgan fingerprint density at radius 1 is 1.07 bits per heavy atom. The summed E-state index contributed by atoms with van der Waals surface area (Å²) in [5, 5.41) is 0. The molecule has 0 fully saturated rings. The van der Waals surface area contributed by atoms with Crippen LogP contribution in [-0.2, 0) is 0 Å². The van der Waals surface area contributed by atoms with Crippen LogP contribution in [0.25, 0.3) is 0 Å². The first-order valence-corrected chi connectivity index (χ1v) is 4.29. The molecular weight excluding hydrogens is 209 g/mol. The van der Waals surface area contributed by atoms with Gasteiger partial charge in [0.05, 0.1) is 6.61 Å². The van der Waals surface area contributed by atoms with Crippen LogP contribution in [0.15, 0.2) is 24.3 Å². The Morgan fingerprint density at radius 2 is 1.60 bits per heavy atom. The minimum absolute atomic E-state index is 0.260. The lowest BCUT2D eigenvalue weighted by atomic mass is 10.3. The Labute approximate surface area is 85.6 Å². The molecule has 0 bridgehead atoms. The van der Waals surface area contributed by atoms with Crippen LogP contribution in [0.1, 0.15) is 6.42 Å². The number of benzene rings is 1. The van der Waals surface area contributed by atoms with E-state index in [0.717, 1.165) is 0 Å². The quantitative estimate of drug-likeness (QED) is 0.774. The number of rotatable bonds is 4. The Bertz CT molecular complexity index is 293. The largest absolute Gasteiger partial charge is 0.573 e. The molecule has 15 heavy (non-hydrogen) atoms. The lowest BCUT2D eigenvalue weighted by Crippen LogP contribution is -2.16. The molecule has 0 saturated heterocycles. The average Bonchev–Trinajstić information content (AvgIpc) is 2.14. The molecule has 1 radical (unpaired) electrons. The highest BCUT2D eigenvalue weighted by molar-refractivity contribution is 5.31. The molecule has 83 valence electrons. The first-order chi connectivity index (χ1) is 7.01. The summed E-state index contributed by atoms with van der Waals surface area (Å²) < 4.78 is 44.2. The van der Waals surface area contributed by atoms with Gasteiger partial charge in [-0.2, -0.15) is 0 Å². The van der Waals surface area contributed by atoms with Gasteiger partial charge in [-0.05, 0) is 37.6 Å². The van der Waals surface area contributed by atoms with Gasteiger partial charge in [0.25, 0.3) is 0 Å². The molecule has 0 atom stereocenters. The molecule has 0 aliphatic rings. The highest BCUT2D eigenvalue weighted by atomic mass is 19.4. The molecule has 1 aromatic carbocycles. The zero-order valence-electron chi connectivity index (χ0n) is 7.88. The fraction of sp³-hybridized carbons (Fsp3) is 0.300. The molecule has 0 spiro atoms. The van der Waals surface area contributed by atoms with E-state index in [4.69, 9.17) is 4.74 Å². The second-order valence-corrected chi connectivity index (χ2v) is 2.72. The van der Waals surface area contributed by atoms with Gasteiger partial charge in [0.1, 0.15) is 11.5 Å². The molecule has 0 amide bonds. The summed E-state index contributed by atoms with van der Waals surface area (Å²) in [6.45, 7) is 4.00. The van der Waals surface area contributed by atoms with Crippen molar-refractivity contribution in [1.82, 2.24) is 0 Å². The highest BCUT2D eigenvalue weighted by Gasteiger charge is 2.30. The van der Waals surface area contributed by atoms with Crippen molar-refractivity contribution in [1.29, 1.82) is 0 Å². The smallest absolute Gasteiger partial charge is 0.494 e. The van der Waals surface area contributed by atoms with Crippen LogP contribution in [0.5, 0.6) is 11.5 Å². The first-order valence-electron chi connectivity index (χ1n) is 4.29. The predicted molar refractivity (Wildman–Crippen MR) is 48.6 cm³/mol. The topological polar surface area (TPSA) is 18.5 Å². The lowest BCUT2D eigenvalue weighted by Gasteiger charge is -2.09. The summed E-state index contributed by atoms with van der Waals surface area (Å²) in [5.41, 5.74) is 0. The van der Waals surface area contributed by atoms with Crippen molar-refractivity contribution in [2.75, 3.05) is 6.61 Å². The normalized spacial score (nSPS) is 11.2. The van der Waals surface area contributed by atoms with Crippen LogP contribution in [0, 0.1) is 6.92 Å². The van der Waals surface area contributed by atoms with Crippen molar-refractivity contribution in [2.24, 2.45) is 0 Å². The van der Waals surface area contributed by atoms with Gasteiger partial charge in [-0.1, -0.05) is 0 Å². The second kappa shape index (κ2) is 4.91. The monoisotopic (exact) mass is 219 g/mol. The van der Waals surface area contributed by atoms with Gasteiger partial charge in [-0.25, -0.2) is 0 Å². The number of ether oxygens (including phenoxy) is 2. The molecule has 0 heterocycles. The SMILES string of the molecule is [CH2]CCOc1ccc(OC(F)(F)F)cc1. The summed E-state index contributed by atoms with van der Waals surface area (Å²) in [6, 6.07) is 5.23. The van der Waals surface area contributed by atoms with E-state index in [1.165, 1.54) is 24.3 Å². The van der Waals surface area contributed by atoms with Crippen LogP contribution in [0.3, 0.4) is 0 Å². The summed E-state index contributed by atoms with van der Waals surface area (Å²) in [7, 11) is 0. The molecule has 5 heteroatoms. The minimum Gasteiger partial charge on any atom is -0.494 e. The molecule has 0 saturated carbocycles. The van der Waals surface area contributed by atoms with Gasteiger partial charge < -0.3 is 9.47 Å². The summed E-state index contributed by atoms with van der Waals surface area (Å²) in [6.07, 6.45) is -4.06. The fourth-order valence-corrected chi connectivity index (χ4v) is 0.928. The molecule has 0 aromatic heterocycles. The van der Waals surface area contributed by atoms with E-state index in [0.29, 0.717) is 18.8 Å². The van der Waals surface area contributed by atoms with E-state index >= 15 is 0 Å². The maximum absolute atomic E-state index is 11.8. The third kappa shape index (κ3) is 4.58. The van der Waals surface area contributed by atoms with Gasteiger partial charge in [-0.3, -0.25) is 0 Å². The van der Waals surface area contributed by atoms with Crippen LogP contribution in [-0.4, -0.2) is 13.0 Å². The Hall–Kier alpha value is -1.39. The van der Waals surface area contributed by atoms with Gasteiger partial charge in [-0.15, -0.1) is 13.2 Å². The van der Waals surface area contributed by atoms with Crippen molar-refractivity contribution in [2.45, 2.75) is 12.8 Å². The number of hydrogen-bond acceptors (Lipinski definition) is 2. The summed E-state index contributed by atoms with van der Waals surface area (Å²) >= 11 is 0. The standard InChI is InChI=1S/C10H10F3O2/c1-2-7-14-8-3-5-9(6-4-8)15-10(11,12)13/h3-6H,1-2,7H2. The van der Waals surface area contributed by atoms with Crippen LogP contribution < -0.4 is 9.47 Å². The van der Waals surface area contributed by atoms with Gasteiger partial charge in [0.2, 0.25) is 0 Å². The molecular formula is C10H10F3O2. The molecule has 1 aromatic rings. The molecule has 0 aliphatic carbocycles. The van der Waals surface area contributed by atoms with Crippen molar-refractivity contribution in [3.8, 4) is 11.5 Å². The van der Waals surface area contributed by atoms with Crippen molar-refractivity contribution >= 4 is 0 Å². The summed E-state index contributed by atoms with van der Waals surface area (Å²) in [4.78, 5) is 0. The van der Waals surface area contributed by atoms with Gasteiger partial charge >= 0.3 is 6.36 Å². The Kier molecular flexibility index (Phi) is 3.82.